The fourth-order valence-electron chi connectivity index (χ4n) is 2.67. The van der Waals surface area contributed by atoms with E-state index in [0.29, 0.717) is 18.1 Å². The van der Waals surface area contributed by atoms with Crippen LogP contribution in [0.2, 0.25) is 0 Å². The highest BCUT2D eigenvalue weighted by Gasteiger charge is 2.30. The van der Waals surface area contributed by atoms with Crippen LogP contribution in [0.25, 0.3) is 0 Å². The first-order valence-corrected chi connectivity index (χ1v) is 8.79. The van der Waals surface area contributed by atoms with Gasteiger partial charge in [0.2, 0.25) is 10.0 Å². The predicted molar refractivity (Wildman–Crippen MR) is 79.6 cm³/mol. The second-order valence-electron chi connectivity index (χ2n) is 5.40. The summed E-state index contributed by atoms with van der Waals surface area (Å²) in [6.07, 6.45) is 2.56. The summed E-state index contributed by atoms with van der Waals surface area (Å²) in [5.41, 5.74) is 0. The van der Waals surface area contributed by atoms with Crippen molar-refractivity contribution in [1.82, 2.24) is 10.0 Å². The van der Waals surface area contributed by atoms with Crippen LogP contribution in [0.3, 0.4) is 0 Å². The highest BCUT2D eigenvalue weighted by molar-refractivity contribution is 7.89. The lowest BCUT2D eigenvalue weighted by atomic mass is 10.3. The Hall–Kier alpha value is -0.890. The first kappa shape index (κ1) is 16.5. The number of ether oxygens (including phenoxy) is 1. The third-order valence-electron chi connectivity index (χ3n) is 3.80. The summed E-state index contributed by atoms with van der Waals surface area (Å²) < 4.78 is 38.5. The van der Waals surface area contributed by atoms with Gasteiger partial charge >= 0.3 is 0 Å². The van der Waals surface area contributed by atoms with Crippen LogP contribution in [0.5, 0.6) is 0 Å². The molecule has 0 bridgehead atoms. The molecule has 2 atom stereocenters. The Labute approximate surface area is 126 Å². The number of hydrogen-bond donors (Lipinski definition) is 2. The van der Waals surface area contributed by atoms with E-state index >= 15 is 0 Å². The zero-order valence-corrected chi connectivity index (χ0v) is 13.6. The Balaban J connectivity index is 2.07. The van der Waals surface area contributed by atoms with Crippen LogP contribution < -0.4 is 10.0 Å². The second-order valence-corrected chi connectivity index (χ2v) is 7.08. The Morgan fingerprint density at radius 1 is 1.43 bits per heavy atom. The molecule has 21 heavy (non-hydrogen) atoms. The average Bonchev–Trinajstić information content (AvgIpc) is 3.02. The van der Waals surface area contributed by atoms with Crippen LogP contribution in [0, 0.1) is 6.92 Å². The third-order valence-corrected chi connectivity index (χ3v) is 5.43. The van der Waals surface area contributed by atoms with Crippen LogP contribution in [-0.2, 0) is 21.3 Å². The molecule has 0 aromatic carbocycles. The summed E-state index contributed by atoms with van der Waals surface area (Å²) in [5.74, 6) is 1.06. The van der Waals surface area contributed by atoms with Crippen LogP contribution in [-0.4, -0.2) is 34.2 Å². The van der Waals surface area contributed by atoms with Crippen molar-refractivity contribution >= 4 is 10.0 Å². The van der Waals surface area contributed by atoms with Gasteiger partial charge in [-0.05, 0) is 32.7 Å². The lowest BCUT2D eigenvalue weighted by molar-refractivity contribution is 0.107. The largest absolute Gasteiger partial charge is 0.464 e. The fourth-order valence-corrected chi connectivity index (χ4v) is 4.16. The highest BCUT2D eigenvalue weighted by atomic mass is 32.2. The second kappa shape index (κ2) is 6.91. The van der Waals surface area contributed by atoms with E-state index in [4.69, 9.17) is 9.15 Å². The van der Waals surface area contributed by atoms with Gasteiger partial charge in [-0.1, -0.05) is 6.92 Å². The van der Waals surface area contributed by atoms with Gasteiger partial charge in [-0.25, -0.2) is 13.1 Å². The van der Waals surface area contributed by atoms with E-state index in [1.807, 2.05) is 6.92 Å². The Bertz CT molecular complexity index is 568. The van der Waals surface area contributed by atoms with Gasteiger partial charge in [0.1, 0.15) is 16.4 Å². The number of furan rings is 1. The topological polar surface area (TPSA) is 80.6 Å². The third kappa shape index (κ3) is 4.06. The molecule has 0 radical (unpaired) electrons. The molecule has 6 nitrogen and oxygen atoms in total. The molecule has 1 heterocycles. The Morgan fingerprint density at radius 3 is 2.81 bits per heavy atom. The Kier molecular flexibility index (Phi) is 5.43. The predicted octanol–water partition coefficient (Wildman–Crippen LogP) is 1.54. The standard InChI is InChI=1S/C14H24N2O4S/c1-4-15-9-13-8-14(10(2)20-13)21(17,18)16-11-5-6-12(7-11)19-3/h8,11-12,15-16H,4-7,9H2,1-3H3. The van der Waals surface area contributed by atoms with Crippen molar-refractivity contribution in [2.45, 2.75) is 56.7 Å². The van der Waals surface area contributed by atoms with E-state index in [-0.39, 0.29) is 17.0 Å². The number of aryl methyl sites for hydroxylation is 1. The molecule has 2 rings (SSSR count). The van der Waals surface area contributed by atoms with Gasteiger partial charge in [0.25, 0.3) is 0 Å². The van der Waals surface area contributed by atoms with E-state index in [1.165, 1.54) is 0 Å². The number of hydrogen-bond acceptors (Lipinski definition) is 5. The van der Waals surface area contributed by atoms with E-state index in [9.17, 15) is 8.42 Å². The number of rotatable bonds is 7. The first-order chi connectivity index (χ1) is 9.96. The first-order valence-electron chi connectivity index (χ1n) is 7.31. The van der Waals surface area contributed by atoms with Crippen LogP contribution in [0.1, 0.15) is 37.7 Å². The molecule has 1 aromatic heterocycles. The molecule has 1 saturated carbocycles. The summed E-state index contributed by atoms with van der Waals surface area (Å²) in [6, 6.07) is 1.54. The molecule has 1 aliphatic rings. The molecular formula is C14H24N2O4S. The average molecular weight is 316 g/mol. The lowest BCUT2D eigenvalue weighted by Gasteiger charge is -2.12. The van der Waals surface area contributed by atoms with Crippen LogP contribution in [0.4, 0.5) is 0 Å². The SMILES string of the molecule is CCNCc1cc(S(=O)(=O)NC2CCC(OC)C2)c(C)o1. The van der Waals surface area contributed by atoms with E-state index in [0.717, 1.165) is 25.8 Å². The molecule has 120 valence electrons. The molecule has 1 aliphatic carbocycles. The molecule has 1 aromatic rings. The normalized spacial score (nSPS) is 22.8. The number of methoxy groups -OCH3 is 1. The van der Waals surface area contributed by atoms with Gasteiger partial charge in [-0.3, -0.25) is 0 Å². The highest BCUT2D eigenvalue weighted by Crippen LogP contribution is 2.25. The van der Waals surface area contributed by atoms with E-state index in [1.54, 1.807) is 20.1 Å². The summed E-state index contributed by atoms with van der Waals surface area (Å²) in [6.45, 7) is 5.00. The summed E-state index contributed by atoms with van der Waals surface area (Å²) >= 11 is 0. The maximum absolute atomic E-state index is 12.5. The molecule has 7 heteroatoms. The van der Waals surface area contributed by atoms with Crippen molar-refractivity contribution in [2.24, 2.45) is 0 Å². The molecule has 0 saturated heterocycles. The lowest BCUT2D eigenvalue weighted by Crippen LogP contribution is -2.33. The number of sulfonamides is 1. The molecule has 0 aliphatic heterocycles. The molecule has 0 spiro atoms. The van der Waals surface area contributed by atoms with Gasteiger partial charge in [-0.15, -0.1) is 0 Å². The minimum absolute atomic E-state index is 0.0635. The van der Waals surface area contributed by atoms with Crippen molar-refractivity contribution in [1.29, 1.82) is 0 Å². The zero-order chi connectivity index (χ0) is 15.5. The smallest absolute Gasteiger partial charge is 0.244 e. The van der Waals surface area contributed by atoms with E-state index in [2.05, 4.69) is 10.0 Å². The van der Waals surface area contributed by atoms with Gasteiger partial charge in [0.15, 0.2) is 0 Å². The van der Waals surface area contributed by atoms with Crippen LogP contribution in [0.15, 0.2) is 15.4 Å². The zero-order valence-electron chi connectivity index (χ0n) is 12.8. The van der Waals surface area contributed by atoms with Crippen LogP contribution >= 0.6 is 0 Å². The van der Waals surface area contributed by atoms with Crippen molar-refractivity contribution in [3.8, 4) is 0 Å². The summed E-state index contributed by atoms with van der Waals surface area (Å²) in [4.78, 5) is 0.233. The molecular weight excluding hydrogens is 292 g/mol. The van der Waals surface area contributed by atoms with Gasteiger partial charge < -0.3 is 14.5 Å². The van der Waals surface area contributed by atoms with E-state index < -0.39 is 10.0 Å². The van der Waals surface area contributed by atoms with Crippen molar-refractivity contribution in [3.63, 3.8) is 0 Å². The van der Waals surface area contributed by atoms with Gasteiger partial charge in [0.05, 0.1) is 12.6 Å². The Morgan fingerprint density at radius 2 is 2.19 bits per heavy atom. The van der Waals surface area contributed by atoms with Gasteiger partial charge in [0, 0.05) is 19.2 Å². The maximum Gasteiger partial charge on any atom is 0.244 e. The van der Waals surface area contributed by atoms with Crippen molar-refractivity contribution in [3.05, 3.63) is 17.6 Å². The number of nitrogens with one attached hydrogen (secondary N) is 2. The minimum atomic E-state index is -3.54. The monoisotopic (exact) mass is 316 g/mol. The quantitative estimate of drug-likeness (QED) is 0.797. The van der Waals surface area contributed by atoms with Crippen molar-refractivity contribution < 1.29 is 17.6 Å². The summed E-state index contributed by atoms with van der Waals surface area (Å²) in [7, 11) is -1.88. The molecule has 2 N–H and O–H groups in total. The molecule has 0 amide bonds. The molecule has 1 fully saturated rings. The summed E-state index contributed by atoms with van der Waals surface area (Å²) in [5, 5.41) is 3.12. The fraction of sp³-hybridized carbons (Fsp3) is 0.714. The minimum Gasteiger partial charge on any atom is -0.464 e. The molecule has 2 unspecified atom stereocenters. The van der Waals surface area contributed by atoms with Gasteiger partial charge in [-0.2, -0.15) is 0 Å². The maximum atomic E-state index is 12.5. The van der Waals surface area contributed by atoms with Crippen molar-refractivity contribution in [2.75, 3.05) is 13.7 Å².